The molecule has 234 valence electrons. The SMILES string of the molecule is C=C1N(c2ccc(N3CCN(c4ccc(CC[C@@H]5CCC(c6ccc(Cl)cc6Cl)C5)c(C#N)c4)CC3)cc2)C=NN1C(C)CC. The Morgan fingerprint density at radius 3 is 2.31 bits per heavy atom. The maximum atomic E-state index is 10.0. The Balaban J connectivity index is 1.01. The Bertz CT molecular complexity index is 1590. The Hall–Kier alpha value is -3.66. The van der Waals surface area contributed by atoms with Gasteiger partial charge < -0.3 is 9.80 Å². The van der Waals surface area contributed by atoms with Crippen molar-refractivity contribution in [1.82, 2.24) is 5.01 Å². The third kappa shape index (κ3) is 6.81. The largest absolute Gasteiger partial charge is 0.368 e. The molecule has 2 heterocycles. The number of hydrazone groups is 1. The molecule has 0 N–H and O–H groups in total. The van der Waals surface area contributed by atoms with Crippen LogP contribution in [0.5, 0.6) is 0 Å². The van der Waals surface area contributed by atoms with Gasteiger partial charge in [0.2, 0.25) is 0 Å². The van der Waals surface area contributed by atoms with Crippen LogP contribution < -0.4 is 14.7 Å². The van der Waals surface area contributed by atoms with E-state index in [0.29, 0.717) is 22.9 Å². The Morgan fingerprint density at radius 2 is 1.62 bits per heavy atom. The number of anilines is 3. The number of nitrogens with zero attached hydrogens (tertiary/aromatic N) is 6. The van der Waals surface area contributed by atoms with Crippen molar-refractivity contribution in [3.05, 3.63) is 99.8 Å². The molecule has 2 fully saturated rings. The van der Waals surface area contributed by atoms with Crippen molar-refractivity contribution < 1.29 is 0 Å². The fourth-order valence-corrected chi connectivity index (χ4v) is 7.61. The zero-order chi connectivity index (χ0) is 31.5. The molecule has 6 rings (SSSR count). The van der Waals surface area contributed by atoms with Gasteiger partial charge in [0.1, 0.15) is 12.2 Å². The minimum atomic E-state index is 0.321. The lowest BCUT2D eigenvalue weighted by atomic mass is 9.92. The number of piperazine rings is 1. The molecule has 3 atom stereocenters. The molecule has 0 spiro atoms. The third-order valence-electron chi connectivity index (χ3n) is 9.96. The molecular formula is C37H42Cl2N6. The molecule has 1 saturated carbocycles. The van der Waals surface area contributed by atoms with Crippen molar-refractivity contribution in [2.75, 3.05) is 40.9 Å². The van der Waals surface area contributed by atoms with Gasteiger partial charge in [0, 0.05) is 53.3 Å². The van der Waals surface area contributed by atoms with Crippen LogP contribution in [0.3, 0.4) is 0 Å². The van der Waals surface area contributed by atoms with E-state index in [4.69, 9.17) is 23.2 Å². The first-order valence-electron chi connectivity index (χ1n) is 16.2. The van der Waals surface area contributed by atoms with Gasteiger partial charge in [-0.1, -0.05) is 48.8 Å². The molecule has 3 aromatic rings. The molecule has 0 bridgehead atoms. The molecule has 0 amide bonds. The second-order valence-corrected chi connectivity index (χ2v) is 13.5. The van der Waals surface area contributed by atoms with Gasteiger partial charge >= 0.3 is 0 Å². The topological polar surface area (TPSA) is 49.1 Å². The molecule has 2 aliphatic heterocycles. The summed E-state index contributed by atoms with van der Waals surface area (Å²) in [5.74, 6) is 2.03. The van der Waals surface area contributed by atoms with Crippen molar-refractivity contribution in [3.63, 3.8) is 0 Å². The van der Waals surface area contributed by atoms with E-state index >= 15 is 0 Å². The lowest BCUT2D eigenvalue weighted by Crippen LogP contribution is -2.46. The number of halogens is 2. The van der Waals surface area contributed by atoms with Crippen molar-refractivity contribution in [1.29, 1.82) is 5.26 Å². The van der Waals surface area contributed by atoms with E-state index in [2.05, 4.69) is 89.9 Å². The summed E-state index contributed by atoms with van der Waals surface area (Å²) in [6, 6.07) is 23.9. The maximum absolute atomic E-state index is 10.0. The van der Waals surface area contributed by atoms with E-state index in [-0.39, 0.29) is 0 Å². The highest BCUT2D eigenvalue weighted by atomic mass is 35.5. The van der Waals surface area contributed by atoms with Crippen LogP contribution in [-0.4, -0.2) is 43.6 Å². The summed E-state index contributed by atoms with van der Waals surface area (Å²) in [4.78, 5) is 6.89. The van der Waals surface area contributed by atoms with Gasteiger partial charge in [0.05, 0.1) is 17.7 Å². The van der Waals surface area contributed by atoms with Crippen molar-refractivity contribution in [2.45, 2.75) is 64.3 Å². The number of hydrogen-bond donors (Lipinski definition) is 0. The van der Waals surface area contributed by atoms with Crippen LogP contribution in [0.15, 0.2) is 78.2 Å². The van der Waals surface area contributed by atoms with Crippen LogP contribution >= 0.6 is 23.2 Å². The second kappa shape index (κ2) is 13.8. The van der Waals surface area contributed by atoms with Gasteiger partial charge in [-0.05, 0) is 117 Å². The van der Waals surface area contributed by atoms with Crippen LogP contribution in [0.4, 0.5) is 17.1 Å². The summed E-state index contributed by atoms with van der Waals surface area (Å²) < 4.78 is 0. The number of rotatable bonds is 9. The highest BCUT2D eigenvalue weighted by molar-refractivity contribution is 6.35. The zero-order valence-electron chi connectivity index (χ0n) is 26.3. The van der Waals surface area contributed by atoms with Gasteiger partial charge in [-0.3, -0.25) is 4.90 Å². The van der Waals surface area contributed by atoms with Crippen LogP contribution in [0.25, 0.3) is 0 Å². The lowest BCUT2D eigenvalue weighted by molar-refractivity contribution is 0.286. The molecule has 0 aromatic heterocycles. The fourth-order valence-electron chi connectivity index (χ4n) is 7.05. The first-order valence-corrected chi connectivity index (χ1v) is 17.0. The molecule has 1 aliphatic carbocycles. The van der Waals surface area contributed by atoms with Gasteiger partial charge in [0.25, 0.3) is 0 Å². The van der Waals surface area contributed by atoms with Crippen LogP contribution in [0.1, 0.15) is 68.6 Å². The van der Waals surface area contributed by atoms with Crippen molar-refractivity contribution >= 4 is 46.6 Å². The normalized spacial score (nSPS) is 20.6. The monoisotopic (exact) mass is 640 g/mol. The van der Waals surface area contributed by atoms with E-state index in [9.17, 15) is 5.26 Å². The number of aryl methyl sites for hydroxylation is 1. The minimum Gasteiger partial charge on any atom is -0.368 e. The quantitative estimate of drug-likeness (QED) is 0.233. The summed E-state index contributed by atoms with van der Waals surface area (Å²) in [5, 5.41) is 18.0. The lowest BCUT2D eigenvalue weighted by Gasteiger charge is -2.37. The molecule has 1 saturated heterocycles. The summed E-state index contributed by atoms with van der Waals surface area (Å²) in [7, 11) is 0. The minimum absolute atomic E-state index is 0.321. The smallest absolute Gasteiger partial charge is 0.128 e. The van der Waals surface area contributed by atoms with Gasteiger partial charge in [-0.25, -0.2) is 5.01 Å². The average Bonchev–Trinajstić information content (AvgIpc) is 3.70. The molecule has 0 radical (unpaired) electrons. The van der Waals surface area contributed by atoms with E-state index in [1.807, 2.05) is 28.4 Å². The number of nitriles is 1. The van der Waals surface area contributed by atoms with E-state index in [1.54, 1.807) is 0 Å². The Kier molecular flexibility index (Phi) is 9.58. The summed E-state index contributed by atoms with van der Waals surface area (Å²) in [6.45, 7) is 12.3. The van der Waals surface area contributed by atoms with Crippen LogP contribution in [0, 0.1) is 17.2 Å². The van der Waals surface area contributed by atoms with Crippen LogP contribution in [-0.2, 0) is 6.42 Å². The van der Waals surface area contributed by atoms with Crippen LogP contribution in [0.2, 0.25) is 10.0 Å². The maximum Gasteiger partial charge on any atom is 0.128 e. The van der Waals surface area contributed by atoms with Gasteiger partial charge in [0.15, 0.2) is 0 Å². The van der Waals surface area contributed by atoms with Crippen molar-refractivity contribution in [2.24, 2.45) is 11.0 Å². The third-order valence-corrected chi connectivity index (χ3v) is 10.5. The van der Waals surface area contributed by atoms with Gasteiger partial charge in [-0.2, -0.15) is 10.4 Å². The molecule has 8 heteroatoms. The Labute approximate surface area is 278 Å². The predicted molar refractivity (Wildman–Crippen MR) is 189 cm³/mol. The first-order chi connectivity index (χ1) is 21.8. The molecule has 3 aromatic carbocycles. The predicted octanol–water partition coefficient (Wildman–Crippen LogP) is 9.04. The summed E-state index contributed by atoms with van der Waals surface area (Å²) >= 11 is 12.6. The number of hydrogen-bond acceptors (Lipinski definition) is 6. The molecule has 45 heavy (non-hydrogen) atoms. The molecule has 6 nitrogen and oxygen atoms in total. The fraction of sp³-hybridized carbons (Fsp3) is 0.405. The first kappa shape index (κ1) is 31.3. The molecular weight excluding hydrogens is 599 g/mol. The van der Waals surface area contributed by atoms with E-state index < -0.39 is 0 Å². The standard InChI is InChI=1S/C37H42Cl2N6/c1-4-26(2)45-27(3)44(25-41-45)34-14-12-33(13-15-34)42-17-19-43(20-18-42)35-11-9-29(31(22-35)24-40)7-5-28-6-8-30(21-28)36-16-10-32(38)23-37(36)39/h9-16,22-23,25-26,28,30H,3-8,17-21H2,1-2H3/t26?,28-,30?/m1/s1. The van der Waals surface area contributed by atoms with Gasteiger partial charge in [-0.15, -0.1) is 0 Å². The second-order valence-electron chi connectivity index (χ2n) is 12.6. The summed E-state index contributed by atoms with van der Waals surface area (Å²) in [6.07, 6.45) is 8.41. The van der Waals surface area contributed by atoms with Crippen molar-refractivity contribution in [3.8, 4) is 6.07 Å². The number of benzene rings is 3. The Morgan fingerprint density at radius 1 is 0.933 bits per heavy atom. The average molecular weight is 642 g/mol. The summed E-state index contributed by atoms with van der Waals surface area (Å²) in [5.41, 5.74) is 6.62. The highest BCUT2D eigenvalue weighted by Crippen LogP contribution is 2.43. The molecule has 2 unspecified atom stereocenters. The van der Waals surface area contributed by atoms with E-state index in [0.717, 1.165) is 91.6 Å². The highest BCUT2D eigenvalue weighted by Gasteiger charge is 2.28. The van der Waals surface area contributed by atoms with E-state index in [1.165, 1.54) is 17.7 Å². The zero-order valence-corrected chi connectivity index (χ0v) is 27.8. The molecule has 3 aliphatic rings.